The van der Waals surface area contributed by atoms with Crippen LogP contribution in [0, 0.1) is 0 Å². The SMILES string of the molecule is [2H]c1ccc2cc(-c3ccc(-c4c5ccccc5c(-c5cccc6sc7ccccc7c56)c5c4oc4ccccc45)cc3)ccc2c1. The van der Waals surface area contributed by atoms with Gasteiger partial charge in [0, 0.05) is 42.1 Å². The maximum atomic E-state index is 7.97. The van der Waals surface area contributed by atoms with E-state index in [4.69, 9.17) is 5.79 Å². The largest absolute Gasteiger partial charge is 0.455 e. The minimum atomic E-state index is 0.533. The fourth-order valence-corrected chi connectivity index (χ4v) is 8.46. The van der Waals surface area contributed by atoms with Crippen molar-refractivity contribution < 1.29 is 5.79 Å². The summed E-state index contributed by atoms with van der Waals surface area (Å²) in [6.45, 7) is 0. The third kappa shape index (κ3) is 3.74. The molecule has 2 heterocycles. The first kappa shape index (κ1) is 24.6. The van der Waals surface area contributed by atoms with E-state index in [1.165, 1.54) is 42.1 Å². The summed E-state index contributed by atoms with van der Waals surface area (Å²) in [6, 6.07) is 54.4. The molecule has 0 saturated heterocycles. The van der Waals surface area contributed by atoms with Crippen LogP contribution in [0.1, 0.15) is 1.37 Å². The molecule has 10 rings (SSSR count). The van der Waals surface area contributed by atoms with E-state index >= 15 is 0 Å². The molecule has 0 spiro atoms. The number of rotatable bonds is 3. The Kier molecular flexibility index (Phi) is 5.30. The fourth-order valence-electron chi connectivity index (χ4n) is 7.33. The second-order valence-corrected chi connectivity index (χ2v) is 13.0. The Morgan fingerprint density at radius 2 is 1.15 bits per heavy atom. The molecule has 0 aliphatic carbocycles. The van der Waals surface area contributed by atoms with Crippen LogP contribution in [0.2, 0.25) is 0 Å². The van der Waals surface area contributed by atoms with Gasteiger partial charge in [-0.25, -0.2) is 0 Å². The zero-order valence-electron chi connectivity index (χ0n) is 25.8. The molecule has 8 aromatic carbocycles. The average Bonchev–Trinajstić information content (AvgIpc) is 3.69. The molecule has 0 saturated carbocycles. The van der Waals surface area contributed by atoms with Gasteiger partial charge in [0.2, 0.25) is 0 Å². The van der Waals surface area contributed by atoms with Crippen LogP contribution in [0.15, 0.2) is 162 Å². The molecule has 0 unspecified atom stereocenters. The van der Waals surface area contributed by atoms with Crippen molar-refractivity contribution in [1.29, 1.82) is 0 Å². The van der Waals surface area contributed by atoms with Crippen molar-refractivity contribution in [3.63, 3.8) is 0 Å². The summed E-state index contributed by atoms with van der Waals surface area (Å²) in [5.74, 6) is 0. The van der Waals surface area contributed by atoms with Crippen LogP contribution in [0.5, 0.6) is 0 Å². The van der Waals surface area contributed by atoms with Gasteiger partial charge in [-0.1, -0.05) is 133 Å². The topological polar surface area (TPSA) is 13.1 Å². The number of para-hydroxylation sites is 1. The molecule has 0 bridgehead atoms. The van der Waals surface area contributed by atoms with Gasteiger partial charge in [0.15, 0.2) is 0 Å². The second-order valence-electron chi connectivity index (χ2n) is 11.9. The van der Waals surface area contributed by atoms with Crippen LogP contribution in [-0.2, 0) is 0 Å². The van der Waals surface area contributed by atoms with Crippen molar-refractivity contribution in [2.24, 2.45) is 0 Å². The van der Waals surface area contributed by atoms with Crippen molar-refractivity contribution >= 4 is 75.0 Å². The minimum Gasteiger partial charge on any atom is -0.455 e. The molecule has 0 amide bonds. The standard InChI is InChI=1S/C44H26OS/c1-2-11-30-26-31(25-22-27(30)10-1)28-20-23-29(24-21-28)40-32-12-3-4-13-33(32)42(43-34-14-5-7-17-37(34)45-44(40)43)36-16-9-19-39-41(36)35-15-6-8-18-38(35)46-39/h1-26H/i1D. The van der Waals surface area contributed by atoms with E-state index in [0.29, 0.717) is 6.04 Å². The molecule has 0 aliphatic heterocycles. The second kappa shape index (κ2) is 9.90. The van der Waals surface area contributed by atoms with Gasteiger partial charge in [0.1, 0.15) is 11.2 Å². The van der Waals surface area contributed by atoms with Gasteiger partial charge in [-0.15, -0.1) is 11.3 Å². The van der Waals surface area contributed by atoms with E-state index in [1.807, 2.05) is 29.5 Å². The van der Waals surface area contributed by atoms with Crippen LogP contribution < -0.4 is 0 Å². The molecule has 0 aliphatic rings. The van der Waals surface area contributed by atoms with Gasteiger partial charge in [-0.3, -0.25) is 0 Å². The molecule has 0 fully saturated rings. The zero-order valence-corrected chi connectivity index (χ0v) is 25.6. The first-order chi connectivity index (χ1) is 23.2. The van der Waals surface area contributed by atoms with Gasteiger partial charge in [0.05, 0.1) is 1.37 Å². The average molecular weight is 604 g/mol. The zero-order chi connectivity index (χ0) is 31.1. The fraction of sp³-hybridized carbons (Fsp3) is 0. The molecule has 214 valence electrons. The number of fused-ring (bicyclic) bond motifs is 8. The van der Waals surface area contributed by atoms with Crippen molar-refractivity contribution in [3.8, 4) is 33.4 Å². The molecule has 46 heavy (non-hydrogen) atoms. The lowest BCUT2D eigenvalue weighted by Crippen LogP contribution is -1.90. The lowest BCUT2D eigenvalue weighted by Gasteiger charge is -2.16. The summed E-state index contributed by atoms with van der Waals surface area (Å²) >= 11 is 1.86. The quantitative estimate of drug-likeness (QED) is 0.196. The number of benzene rings is 8. The highest BCUT2D eigenvalue weighted by Gasteiger charge is 2.24. The van der Waals surface area contributed by atoms with Crippen molar-refractivity contribution in [1.82, 2.24) is 0 Å². The normalized spacial score (nSPS) is 12.2. The Balaban J connectivity index is 1.26. The van der Waals surface area contributed by atoms with Gasteiger partial charge in [0.25, 0.3) is 0 Å². The highest BCUT2D eigenvalue weighted by molar-refractivity contribution is 7.25. The van der Waals surface area contributed by atoms with E-state index in [1.54, 1.807) is 0 Å². The summed E-state index contributed by atoms with van der Waals surface area (Å²) < 4.78 is 17.4. The third-order valence-electron chi connectivity index (χ3n) is 9.40. The van der Waals surface area contributed by atoms with Gasteiger partial charge < -0.3 is 4.42 Å². The Hall–Kier alpha value is -5.70. The molecular weight excluding hydrogens is 577 g/mol. The number of hydrogen-bond donors (Lipinski definition) is 0. The highest BCUT2D eigenvalue weighted by atomic mass is 32.1. The summed E-state index contributed by atoms with van der Waals surface area (Å²) in [6.07, 6.45) is 0. The summed E-state index contributed by atoms with van der Waals surface area (Å²) in [7, 11) is 0. The van der Waals surface area contributed by atoms with Gasteiger partial charge in [-0.2, -0.15) is 0 Å². The molecular formula is C44H26OS. The van der Waals surface area contributed by atoms with Crippen LogP contribution >= 0.6 is 11.3 Å². The van der Waals surface area contributed by atoms with E-state index < -0.39 is 0 Å². The molecule has 10 aromatic rings. The molecule has 0 radical (unpaired) electrons. The van der Waals surface area contributed by atoms with Crippen LogP contribution in [0.25, 0.3) is 97.0 Å². The Morgan fingerprint density at radius 3 is 2.02 bits per heavy atom. The Bertz CT molecular complexity index is 2860. The van der Waals surface area contributed by atoms with Crippen molar-refractivity contribution in [2.45, 2.75) is 0 Å². The maximum Gasteiger partial charge on any atom is 0.144 e. The molecule has 2 aromatic heterocycles. The number of hydrogen-bond acceptors (Lipinski definition) is 2. The first-order valence-corrected chi connectivity index (χ1v) is 16.4. The van der Waals surface area contributed by atoms with Crippen molar-refractivity contribution in [2.75, 3.05) is 0 Å². The number of thiophene rings is 1. The van der Waals surface area contributed by atoms with Gasteiger partial charge in [-0.05, 0) is 68.1 Å². The predicted octanol–water partition coefficient (Wildman–Crippen LogP) is 13.3. The maximum absolute atomic E-state index is 7.97. The van der Waals surface area contributed by atoms with Crippen molar-refractivity contribution in [3.05, 3.63) is 158 Å². The van der Waals surface area contributed by atoms with Crippen LogP contribution in [-0.4, -0.2) is 0 Å². The van der Waals surface area contributed by atoms with E-state index in [2.05, 4.69) is 133 Å². The van der Waals surface area contributed by atoms with Crippen LogP contribution in [0.4, 0.5) is 0 Å². The highest BCUT2D eigenvalue weighted by Crippen LogP contribution is 2.50. The smallest absolute Gasteiger partial charge is 0.144 e. The summed E-state index contributed by atoms with van der Waals surface area (Å²) in [5, 5.41) is 9.50. The Morgan fingerprint density at radius 1 is 0.457 bits per heavy atom. The lowest BCUT2D eigenvalue weighted by molar-refractivity contribution is 0.670. The Labute approximate surface area is 271 Å². The molecule has 0 atom stereocenters. The number of furan rings is 1. The third-order valence-corrected chi connectivity index (χ3v) is 10.5. The van der Waals surface area contributed by atoms with Gasteiger partial charge >= 0.3 is 0 Å². The van der Waals surface area contributed by atoms with Crippen LogP contribution in [0.3, 0.4) is 0 Å². The monoisotopic (exact) mass is 603 g/mol. The first-order valence-electron chi connectivity index (χ1n) is 16.1. The summed E-state index contributed by atoms with van der Waals surface area (Å²) in [5.41, 5.74) is 8.83. The molecule has 0 N–H and O–H groups in total. The minimum absolute atomic E-state index is 0.533. The van der Waals surface area contributed by atoms with E-state index in [-0.39, 0.29) is 0 Å². The molecule has 2 heteroatoms. The van der Waals surface area contributed by atoms with E-state index in [0.717, 1.165) is 55.0 Å². The summed E-state index contributed by atoms with van der Waals surface area (Å²) in [4.78, 5) is 0. The predicted molar refractivity (Wildman–Crippen MR) is 198 cm³/mol. The lowest BCUT2D eigenvalue weighted by atomic mass is 9.86. The van der Waals surface area contributed by atoms with E-state index in [9.17, 15) is 0 Å². The molecule has 1 nitrogen and oxygen atoms in total.